The van der Waals surface area contributed by atoms with Gasteiger partial charge in [0.15, 0.2) is 0 Å². The maximum absolute atomic E-state index is 9.11. The second kappa shape index (κ2) is 5.50. The van der Waals surface area contributed by atoms with Gasteiger partial charge in [-0.15, -0.1) is 0 Å². The minimum Gasteiger partial charge on any atom is -0.392 e. The smallest absolute Gasteiger partial charge is 0.0682 e. The molecule has 1 N–H and O–H groups in total. The third kappa shape index (κ3) is 2.50. The van der Waals surface area contributed by atoms with Gasteiger partial charge in [0.1, 0.15) is 0 Å². The summed E-state index contributed by atoms with van der Waals surface area (Å²) in [6.07, 6.45) is 3.71. The topological polar surface area (TPSA) is 23.5 Å². The third-order valence-electron chi connectivity index (χ3n) is 4.47. The van der Waals surface area contributed by atoms with E-state index in [-0.39, 0.29) is 6.61 Å². The first-order valence-electron chi connectivity index (χ1n) is 6.78. The molecular weight excluding hydrogens is 246 g/mol. The summed E-state index contributed by atoms with van der Waals surface area (Å²) in [5.41, 5.74) is 2.44. The first-order chi connectivity index (χ1) is 8.64. The fourth-order valence-electron chi connectivity index (χ4n) is 2.87. The van der Waals surface area contributed by atoms with Gasteiger partial charge in [0.25, 0.3) is 0 Å². The van der Waals surface area contributed by atoms with E-state index in [4.69, 9.17) is 16.7 Å². The SMILES string of the molecule is CCC1(CC)CCN(c2ccc(CO)cc2Cl)C1. The van der Waals surface area contributed by atoms with Crippen molar-refractivity contribution in [2.75, 3.05) is 18.0 Å². The summed E-state index contributed by atoms with van der Waals surface area (Å²) in [6, 6.07) is 5.86. The lowest BCUT2D eigenvalue weighted by Gasteiger charge is -2.27. The molecule has 0 saturated carbocycles. The van der Waals surface area contributed by atoms with E-state index in [1.165, 1.54) is 19.3 Å². The number of aliphatic hydroxyl groups is 1. The molecule has 0 atom stereocenters. The van der Waals surface area contributed by atoms with Gasteiger partial charge in [-0.25, -0.2) is 0 Å². The number of rotatable bonds is 4. The van der Waals surface area contributed by atoms with Crippen LogP contribution < -0.4 is 4.90 Å². The second-order valence-electron chi connectivity index (χ2n) is 5.32. The second-order valence-corrected chi connectivity index (χ2v) is 5.73. The van der Waals surface area contributed by atoms with E-state index in [9.17, 15) is 0 Å². The average Bonchev–Trinajstić information content (AvgIpc) is 2.83. The van der Waals surface area contributed by atoms with E-state index in [0.29, 0.717) is 5.41 Å². The van der Waals surface area contributed by atoms with Crippen molar-refractivity contribution in [3.8, 4) is 0 Å². The van der Waals surface area contributed by atoms with Gasteiger partial charge >= 0.3 is 0 Å². The van der Waals surface area contributed by atoms with Crippen molar-refractivity contribution in [1.82, 2.24) is 0 Å². The highest BCUT2D eigenvalue weighted by Gasteiger charge is 2.35. The number of benzene rings is 1. The maximum atomic E-state index is 9.11. The Labute approximate surface area is 115 Å². The average molecular weight is 268 g/mol. The fourth-order valence-corrected chi connectivity index (χ4v) is 3.20. The van der Waals surface area contributed by atoms with Crippen molar-refractivity contribution in [2.24, 2.45) is 5.41 Å². The molecule has 2 rings (SSSR count). The number of hydrogen-bond acceptors (Lipinski definition) is 2. The summed E-state index contributed by atoms with van der Waals surface area (Å²) in [5.74, 6) is 0. The number of halogens is 1. The van der Waals surface area contributed by atoms with E-state index < -0.39 is 0 Å². The molecule has 1 saturated heterocycles. The molecule has 1 aliphatic heterocycles. The van der Waals surface area contributed by atoms with Gasteiger partial charge in [-0.2, -0.15) is 0 Å². The third-order valence-corrected chi connectivity index (χ3v) is 4.78. The zero-order valence-corrected chi connectivity index (χ0v) is 12.0. The molecule has 1 aromatic rings. The van der Waals surface area contributed by atoms with Crippen LogP contribution in [0.1, 0.15) is 38.7 Å². The summed E-state index contributed by atoms with van der Waals surface area (Å²) in [7, 11) is 0. The summed E-state index contributed by atoms with van der Waals surface area (Å²) in [5, 5.41) is 9.86. The van der Waals surface area contributed by atoms with Crippen LogP contribution in [0, 0.1) is 5.41 Å². The Morgan fingerprint density at radius 1 is 1.33 bits per heavy atom. The van der Waals surface area contributed by atoms with Crippen LogP contribution >= 0.6 is 11.6 Å². The molecular formula is C15H22ClNO. The van der Waals surface area contributed by atoms with Crippen LogP contribution in [0.2, 0.25) is 5.02 Å². The normalized spacial score (nSPS) is 18.3. The molecule has 3 heteroatoms. The maximum Gasteiger partial charge on any atom is 0.0682 e. The first-order valence-corrected chi connectivity index (χ1v) is 7.16. The molecule has 0 spiro atoms. The minimum absolute atomic E-state index is 0.0495. The van der Waals surface area contributed by atoms with E-state index in [0.717, 1.165) is 29.4 Å². The van der Waals surface area contributed by atoms with E-state index >= 15 is 0 Å². The van der Waals surface area contributed by atoms with Crippen molar-refractivity contribution < 1.29 is 5.11 Å². The number of hydrogen-bond donors (Lipinski definition) is 1. The van der Waals surface area contributed by atoms with Crippen molar-refractivity contribution >= 4 is 17.3 Å². The fraction of sp³-hybridized carbons (Fsp3) is 0.600. The van der Waals surface area contributed by atoms with Crippen molar-refractivity contribution in [2.45, 2.75) is 39.7 Å². The van der Waals surface area contributed by atoms with Gasteiger partial charge in [0, 0.05) is 13.1 Å². The summed E-state index contributed by atoms with van der Waals surface area (Å²) >= 11 is 6.31. The van der Waals surface area contributed by atoms with E-state index in [1.807, 2.05) is 18.2 Å². The van der Waals surface area contributed by atoms with Gasteiger partial charge in [-0.1, -0.05) is 31.5 Å². The molecule has 0 aromatic heterocycles. The van der Waals surface area contributed by atoms with Crippen LogP contribution in [0.5, 0.6) is 0 Å². The van der Waals surface area contributed by atoms with Crippen molar-refractivity contribution in [3.63, 3.8) is 0 Å². The Bertz CT molecular complexity index is 415. The molecule has 0 aliphatic carbocycles. The van der Waals surface area contributed by atoms with Gasteiger partial charge in [-0.3, -0.25) is 0 Å². The van der Waals surface area contributed by atoms with E-state index in [2.05, 4.69) is 18.7 Å². The molecule has 1 fully saturated rings. The molecule has 1 heterocycles. The minimum atomic E-state index is 0.0495. The molecule has 100 valence electrons. The predicted octanol–water partition coefficient (Wildman–Crippen LogP) is 3.85. The van der Waals surface area contributed by atoms with Gasteiger partial charge in [0.2, 0.25) is 0 Å². The summed E-state index contributed by atoms with van der Waals surface area (Å²) in [6.45, 7) is 6.79. The van der Waals surface area contributed by atoms with Gasteiger partial charge < -0.3 is 10.0 Å². The predicted molar refractivity (Wildman–Crippen MR) is 77.2 cm³/mol. The number of anilines is 1. The van der Waals surface area contributed by atoms with E-state index in [1.54, 1.807) is 0 Å². The summed E-state index contributed by atoms with van der Waals surface area (Å²) in [4.78, 5) is 2.39. The van der Waals surface area contributed by atoms with Crippen LogP contribution in [0.3, 0.4) is 0 Å². The standard InChI is InChI=1S/C15H22ClNO/c1-3-15(4-2)7-8-17(11-15)14-6-5-12(10-18)9-13(14)16/h5-6,9,18H,3-4,7-8,10-11H2,1-2H3. The largest absolute Gasteiger partial charge is 0.392 e. The highest BCUT2D eigenvalue weighted by Crippen LogP contribution is 2.40. The molecule has 0 amide bonds. The zero-order chi connectivity index (χ0) is 13.2. The van der Waals surface area contributed by atoms with Crippen LogP contribution in [0.25, 0.3) is 0 Å². The molecule has 2 nitrogen and oxygen atoms in total. The van der Waals surface area contributed by atoms with Crippen LogP contribution in [-0.2, 0) is 6.61 Å². The van der Waals surface area contributed by atoms with Gasteiger partial charge in [-0.05, 0) is 42.4 Å². The zero-order valence-electron chi connectivity index (χ0n) is 11.2. The highest BCUT2D eigenvalue weighted by atomic mass is 35.5. The van der Waals surface area contributed by atoms with Crippen LogP contribution in [0.15, 0.2) is 18.2 Å². The summed E-state index contributed by atoms with van der Waals surface area (Å²) < 4.78 is 0. The Hall–Kier alpha value is -0.730. The Kier molecular flexibility index (Phi) is 4.18. The van der Waals surface area contributed by atoms with Crippen LogP contribution in [0.4, 0.5) is 5.69 Å². The van der Waals surface area contributed by atoms with Gasteiger partial charge in [0.05, 0.1) is 17.3 Å². The van der Waals surface area contributed by atoms with Crippen LogP contribution in [-0.4, -0.2) is 18.2 Å². The Balaban J connectivity index is 2.19. The highest BCUT2D eigenvalue weighted by molar-refractivity contribution is 6.33. The Morgan fingerprint density at radius 2 is 2.06 bits per heavy atom. The molecule has 0 unspecified atom stereocenters. The Morgan fingerprint density at radius 3 is 2.56 bits per heavy atom. The van der Waals surface area contributed by atoms with Crippen molar-refractivity contribution in [3.05, 3.63) is 28.8 Å². The number of aliphatic hydroxyl groups excluding tert-OH is 1. The molecule has 1 aliphatic rings. The number of nitrogens with zero attached hydrogens (tertiary/aromatic N) is 1. The first kappa shape index (κ1) is 13.7. The molecule has 0 bridgehead atoms. The monoisotopic (exact) mass is 267 g/mol. The lowest BCUT2D eigenvalue weighted by molar-refractivity contribution is 0.282. The molecule has 18 heavy (non-hydrogen) atoms. The van der Waals surface area contributed by atoms with Crippen molar-refractivity contribution in [1.29, 1.82) is 0 Å². The lowest BCUT2D eigenvalue weighted by atomic mass is 9.82. The lowest BCUT2D eigenvalue weighted by Crippen LogP contribution is -2.26. The quantitative estimate of drug-likeness (QED) is 0.896. The molecule has 0 radical (unpaired) electrons. The molecule has 1 aromatic carbocycles.